The first kappa shape index (κ1) is 18.7. The molecule has 1 heterocycles. The lowest BCUT2D eigenvalue weighted by Crippen LogP contribution is -1.92. The minimum absolute atomic E-state index is 0.683. The van der Waals surface area contributed by atoms with E-state index >= 15 is 0 Å². The Labute approximate surface area is 175 Å². The summed E-state index contributed by atoms with van der Waals surface area (Å²) < 4.78 is 0. The van der Waals surface area contributed by atoms with Gasteiger partial charge in [0.2, 0.25) is 0 Å². The van der Waals surface area contributed by atoms with Crippen LogP contribution in [0.4, 0.5) is 0 Å². The fourth-order valence-corrected chi connectivity index (χ4v) is 3.86. The zero-order valence-electron chi connectivity index (χ0n) is 15.3. The van der Waals surface area contributed by atoms with Crippen LogP contribution >= 0.6 is 23.2 Å². The van der Waals surface area contributed by atoms with Gasteiger partial charge in [0, 0.05) is 21.8 Å². The Morgan fingerprint density at radius 2 is 1.25 bits per heavy atom. The van der Waals surface area contributed by atoms with Crippen LogP contribution < -0.4 is 0 Å². The van der Waals surface area contributed by atoms with Gasteiger partial charge in [-0.15, -0.1) is 0 Å². The van der Waals surface area contributed by atoms with E-state index in [1.54, 1.807) is 6.07 Å². The summed E-state index contributed by atoms with van der Waals surface area (Å²) in [4.78, 5) is 4.55. The van der Waals surface area contributed by atoms with Gasteiger partial charge in [-0.25, -0.2) is 0 Å². The molecule has 0 N–H and O–H groups in total. The topological polar surface area (TPSA) is 12.9 Å². The maximum atomic E-state index is 6.09. The van der Waals surface area contributed by atoms with Crippen molar-refractivity contribution in [1.29, 1.82) is 0 Å². The lowest BCUT2D eigenvalue weighted by atomic mass is 10.0. The molecule has 0 fully saturated rings. The molecule has 0 aliphatic carbocycles. The highest BCUT2D eigenvalue weighted by Gasteiger charge is 2.04. The quantitative estimate of drug-likeness (QED) is 0.335. The van der Waals surface area contributed by atoms with Gasteiger partial charge in [0.1, 0.15) is 0 Å². The van der Waals surface area contributed by atoms with E-state index in [-0.39, 0.29) is 0 Å². The van der Waals surface area contributed by atoms with E-state index in [0.717, 1.165) is 29.7 Å². The standard InChI is InChI=1S/C25H19Cl2N/c26-23-14-19(15-24(27)17-23)7-6-18-8-10-21(11-9-18)25-16-22(12-13-28-25)20-4-2-1-3-5-20/h1-5,8-17H,6-7H2. The van der Waals surface area contributed by atoms with Crippen molar-refractivity contribution in [3.05, 3.63) is 112 Å². The van der Waals surface area contributed by atoms with E-state index < -0.39 is 0 Å². The van der Waals surface area contributed by atoms with Gasteiger partial charge in [0.25, 0.3) is 0 Å². The molecule has 138 valence electrons. The Bertz CT molecular complexity index is 1050. The first-order valence-electron chi connectivity index (χ1n) is 9.23. The van der Waals surface area contributed by atoms with Crippen molar-refractivity contribution in [3.63, 3.8) is 0 Å². The maximum absolute atomic E-state index is 6.09. The van der Waals surface area contributed by atoms with Gasteiger partial charge in [-0.1, -0.05) is 77.8 Å². The molecular weight excluding hydrogens is 385 g/mol. The Hall–Kier alpha value is -2.61. The number of rotatable bonds is 5. The third-order valence-electron chi connectivity index (χ3n) is 4.74. The Kier molecular flexibility index (Phi) is 5.76. The summed E-state index contributed by atoms with van der Waals surface area (Å²) in [6, 6.07) is 28.9. The van der Waals surface area contributed by atoms with Crippen LogP contribution in [0.5, 0.6) is 0 Å². The monoisotopic (exact) mass is 403 g/mol. The summed E-state index contributed by atoms with van der Waals surface area (Å²) in [6.07, 6.45) is 3.71. The van der Waals surface area contributed by atoms with Crippen molar-refractivity contribution in [2.75, 3.05) is 0 Å². The Balaban J connectivity index is 1.49. The first-order valence-corrected chi connectivity index (χ1v) is 9.99. The van der Waals surface area contributed by atoms with Crippen molar-refractivity contribution >= 4 is 23.2 Å². The highest BCUT2D eigenvalue weighted by molar-refractivity contribution is 6.34. The zero-order chi connectivity index (χ0) is 19.3. The van der Waals surface area contributed by atoms with Crippen molar-refractivity contribution in [3.8, 4) is 22.4 Å². The van der Waals surface area contributed by atoms with Crippen LogP contribution in [0.15, 0.2) is 91.1 Å². The molecule has 3 heteroatoms. The highest BCUT2D eigenvalue weighted by Crippen LogP contribution is 2.25. The molecule has 1 nitrogen and oxygen atoms in total. The van der Waals surface area contributed by atoms with Crippen LogP contribution in [0.25, 0.3) is 22.4 Å². The van der Waals surface area contributed by atoms with Crippen molar-refractivity contribution < 1.29 is 0 Å². The second-order valence-electron chi connectivity index (χ2n) is 6.77. The smallest absolute Gasteiger partial charge is 0.0708 e. The average molecular weight is 404 g/mol. The van der Waals surface area contributed by atoms with Gasteiger partial charge in [-0.05, 0) is 65.4 Å². The van der Waals surface area contributed by atoms with Crippen molar-refractivity contribution in [2.45, 2.75) is 12.8 Å². The van der Waals surface area contributed by atoms with E-state index in [2.05, 4.69) is 59.6 Å². The molecule has 4 rings (SSSR count). The molecule has 0 spiro atoms. The average Bonchev–Trinajstić information content (AvgIpc) is 2.73. The van der Waals surface area contributed by atoms with Gasteiger partial charge in [-0.2, -0.15) is 0 Å². The second kappa shape index (κ2) is 8.60. The number of nitrogens with zero attached hydrogens (tertiary/aromatic N) is 1. The number of benzene rings is 3. The Morgan fingerprint density at radius 1 is 0.571 bits per heavy atom. The highest BCUT2D eigenvalue weighted by atomic mass is 35.5. The van der Waals surface area contributed by atoms with E-state index in [0.29, 0.717) is 10.0 Å². The third-order valence-corrected chi connectivity index (χ3v) is 5.18. The summed E-state index contributed by atoms with van der Waals surface area (Å²) in [7, 11) is 0. The van der Waals surface area contributed by atoms with Crippen molar-refractivity contribution in [1.82, 2.24) is 4.98 Å². The van der Waals surface area contributed by atoms with E-state index in [1.165, 1.54) is 16.7 Å². The summed E-state index contributed by atoms with van der Waals surface area (Å²) in [5, 5.41) is 1.37. The van der Waals surface area contributed by atoms with Crippen LogP contribution in [-0.4, -0.2) is 4.98 Å². The van der Waals surface area contributed by atoms with Crippen LogP contribution in [0.2, 0.25) is 10.0 Å². The normalized spacial score (nSPS) is 10.8. The number of aromatic nitrogens is 1. The number of hydrogen-bond acceptors (Lipinski definition) is 1. The van der Waals surface area contributed by atoms with Gasteiger partial charge < -0.3 is 0 Å². The van der Waals surface area contributed by atoms with Crippen LogP contribution in [0.1, 0.15) is 11.1 Å². The summed E-state index contributed by atoms with van der Waals surface area (Å²) in [6.45, 7) is 0. The summed E-state index contributed by atoms with van der Waals surface area (Å²) in [5.74, 6) is 0. The predicted octanol–water partition coefficient (Wildman–Crippen LogP) is 7.51. The molecule has 0 unspecified atom stereocenters. The van der Waals surface area contributed by atoms with E-state index in [4.69, 9.17) is 23.2 Å². The molecular formula is C25H19Cl2N. The van der Waals surface area contributed by atoms with Gasteiger partial charge in [0.15, 0.2) is 0 Å². The molecule has 0 amide bonds. The fraction of sp³-hybridized carbons (Fsp3) is 0.0800. The molecule has 4 aromatic rings. The molecule has 0 aliphatic rings. The first-order chi connectivity index (χ1) is 13.7. The predicted molar refractivity (Wildman–Crippen MR) is 119 cm³/mol. The SMILES string of the molecule is Clc1cc(Cl)cc(CCc2ccc(-c3cc(-c4ccccc4)ccn3)cc2)c1. The molecule has 0 bridgehead atoms. The molecule has 0 atom stereocenters. The van der Waals surface area contributed by atoms with Crippen LogP contribution in [0.3, 0.4) is 0 Å². The number of aryl methyl sites for hydroxylation is 2. The number of hydrogen-bond donors (Lipinski definition) is 0. The fourth-order valence-electron chi connectivity index (χ4n) is 3.28. The molecule has 0 saturated heterocycles. The summed E-state index contributed by atoms with van der Waals surface area (Å²) >= 11 is 12.2. The molecule has 3 aromatic carbocycles. The second-order valence-corrected chi connectivity index (χ2v) is 7.64. The summed E-state index contributed by atoms with van der Waals surface area (Å²) in [5.41, 5.74) is 6.90. The molecule has 28 heavy (non-hydrogen) atoms. The molecule has 0 saturated carbocycles. The molecule has 0 aliphatic heterocycles. The minimum atomic E-state index is 0.683. The Morgan fingerprint density at radius 3 is 1.96 bits per heavy atom. The van der Waals surface area contributed by atoms with Gasteiger partial charge >= 0.3 is 0 Å². The number of halogens is 2. The third kappa shape index (κ3) is 4.62. The van der Waals surface area contributed by atoms with Crippen molar-refractivity contribution in [2.24, 2.45) is 0 Å². The molecule has 1 aromatic heterocycles. The maximum Gasteiger partial charge on any atom is 0.0708 e. The lowest BCUT2D eigenvalue weighted by molar-refractivity contribution is 0.960. The van der Waals surface area contributed by atoms with Crippen LogP contribution in [0, 0.1) is 0 Å². The lowest BCUT2D eigenvalue weighted by Gasteiger charge is -2.07. The van der Waals surface area contributed by atoms with E-state index in [9.17, 15) is 0 Å². The zero-order valence-corrected chi connectivity index (χ0v) is 16.8. The molecule has 0 radical (unpaired) electrons. The van der Waals surface area contributed by atoms with Gasteiger partial charge in [0.05, 0.1) is 5.69 Å². The minimum Gasteiger partial charge on any atom is -0.256 e. The number of pyridine rings is 1. The largest absolute Gasteiger partial charge is 0.256 e. The van der Waals surface area contributed by atoms with Crippen LogP contribution in [-0.2, 0) is 12.8 Å². The van der Waals surface area contributed by atoms with Gasteiger partial charge in [-0.3, -0.25) is 4.98 Å². The van der Waals surface area contributed by atoms with E-state index in [1.807, 2.05) is 30.5 Å².